The van der Waals surface area contributed by atoms with Gasteiger partial charge in [0.05, 0.1) is 17.6 Å². The number of hydrogen-bond acceptors (Lipinski definition) is 3. The Kier molecular flexibility index (Phi) is 12.5. The largest absolute Gasteiger partial charge is 0.490 e. The van der Waals surface area contributed by atoms with Gasteiger partial charge in [0.1, 0.15) is 5.75 Å². The smallest absolute Gasteiger partial charge is 0.119 e. The first-order chi connectivity index (χ1) is 18.1. The quantitative estimate of drug-likeness (QED) is 0.232. The number of unbranched alkanes of at least 4 members (excludes halogenated alkanes) is 5. The van der Waals surface area contributed by atoms with Gasteiger partial charge in [0.2, 0.25) is 0 Å². The molecule has 0 amide bonds. The fourth-order valence-electron chi connectivity index (χ4n) is 6.03. The van der Waals surface area contributed by atoms with Crippen LogP contribution in [-0.4, -0.2) is 17.8 Å². The van der Waals surface area contributed by atoms with E-state index in [-0.39, 0.29) is 18.1 Å². The van der Waals surface area contributed by atoms with E-state index in [0.29, 0.717) is 5.92 Å². The molecule has 3 nitrogen and oxygen atoms in total. The lowest BCUT2D eigenvalue weighted by atomic mass is 9.66. The first kappa shape index (κ1) is 29.2. The summed E-state index contributed by atoms with van der Waals surface area (Å²) in [6.45, 7) is 4.73. The van der Waals surface area contributed by atoms with Crippen molar-refractivity contribution in [2.75, 3.05) is 6.61 Å². The second-order valence-electron chi connectivity index (χ2n) is 11.2. The number of ether oxygens (including phenoxy) is 1. The summed E-state index contributed by atoms with van der Waals surface area (Å²) in [6.07, 6.45) is 17.0. The second-order valence-corrected chi connectivity index (χ2v) is 11.2. The summed E-state index contributed by atoms with van der Waals surface area (Å²) in [5.41, 5.74) is 3.70. The Morgan fingerprint density at radius 1 is 0.892 bits per heavy atom. The molecule has 3 atom stereocenters. The van der Waals surface area contributed by atoms with Crippen molar-refractivity contribution in [3.05, 3.63) is 54.1 Å². The van der Waals surface area contributed by atoms with Crippen LogP contribution in [0.4, 0.5) is 0 Å². The van der Waals surface area contributed by atoms with Crippen molar-refractivity contribution in [2.45, 2.75) is 122 Å². The van der Waals surface area contributed by atoms with E-state index in [1.54, 1.807) is 0 Å². The van der Waals surface area contributed by atoms with Crippen molar-refractivity contribution in [3.8, 4) is 22.9 Å². The Morgan fingerprint density at radius 3 is 2.24 bits per heavy atom. The summed E-state index contributed by atoms with van der Waals surface area (Å²) in [7, 11) is 0. The molecule has 0 heterocycles. The molecule has 2 aromatic rings. The van der Waals surface area contributed by atoms with Crippen molar-refractivity contribution < 1.29 is 9.84 Å². The van der Waals surface area contributed by atoms with Gasteiger partial charge in [-0.05, 0) is 86.1 Å². The van der Waals surface area contributed by atoms with E-state index >= 15 is 0 Å². The molecule has 1 fully saturated rings. The number of benzene rings is 2. The van der Waals surface area contributed by atoms with Crippen molar-refractivity contribution in [2.24, 2.45) is 5.41 Å². The molecule has 3 rings (SSSR count). The third-order valence-electron chi connectivity index (χ3n) is 8.26. The van der Waals surface area contributed by atoms with Crippen LogP contribution in [0.15, 0.2) is 48.5 Å². The van der Waals surface area contributed by atoms with Crippen LogP contribution < -0.4 is 4.74 Å². The third-order valence-corrected chi connectivity index (χ3v) is 8.26. The number of nitriles is 1. The Labute approximate surface area is 226 Å². The van der Waals surface area contributed by atoms with Gasteiger partial charge in [0.25, 0.3) is 0 Å². The Bertz CT molecular complexity index is 930. The fraction of sp³-hybridized carbons (Fsp3) is 0.618. The molecule has 3 heteroatoms. The zero-order valence-electron chi connectivity index (χ0n) is 23.4. The first-order valence-corrected chi connectivity index (χ1v) is 15.0. The van der Waals surface area contributed by atoms with Gasteiger partial charge in [-0.1, -0.05) is 95.2 Å². The highest BCUT2D eigenvalue weighted by molar-refractivity contribution is 5.64. The summed E-state index contributed by atoms with van der Waals surface area (Å²) in [5.74, 6) is 1.44. The van der Waals surface area contributed by atoms with Crippen molar-refractivity contribution >= 4 is 0 Å². The summed E-state index contributed by atoms with van der Waals surface area (Å²) in [5, 5.41) is 19.1. The predicted molar refractivity (Wildman–Crippen MR) is 155 cm³/mol. The van der Waals surface area contributed by atoms with Crippen LogP contribution in [0.2, 0.25) is 0 Å². The lowest BCUT2D eigenvalue weighted by Crippen LogP contribution is -2.26. The van der Waals surface area contributed by atoms with E-state index in [4.69, 9.17) is 9.84 Å². The van der Waals surface area contributed by atoms with Gasteiger partial charge in [-0.3, -0.25) is 0 Å². The molecular formula is C34H49NO2. The molecule has 202 valence electrons. The Balaban J connectivity index is 1.58. The third kappa shape index (κ3) is 9.19. The van der Waals surface area contributed by atoms with Crippen LogP contribution in [0.3, 0.4) is 0 Å². The lowest BCUT2D eigenvalue weighted by Gasteiger charge is -2.36. The molecule has 0 radical (unpaired) electrons. The summed E-state index contributed by atoms with van der Waals surface area (Å²) < 4.78 is 6.31. The molecule has 0 aromatic heterocycles. The molecule has 37 heavy (non-hydrogen) atoms. The number of aliphatic hydroxyl groups is 1. The van der Waals surface area contributed by atoms with Gasteiger partial charge in [-0.2, -0.15) is 5.26 Å². The van der Waals surface area contributed by atoms with E-state index in [1.807, 2.05) is 0 Å². The molecule has 1 aliphatic carbocycles. The van der Waals surface area contributed by atoms with Gasteiger partial charge in [0, 0.05) is 6.61 Å². The van der Waals surface area contributed by atoms with Crippen LogP contribution in [0.5, 0.6) is 5.75 Å². The van der Waals surface area contributed by atoms with Crippen molar-refractivity contribution in [1.29, 1.82) is 5.26 Å². The van der Waals surface area contributed by atoms with Gasteiger partial charge < -0.3 is 9.84 Å². The number of hydrogen-bond donors (Lipinski definition) is 1. The van der Waals surface area contributed by atoms with E-state index in [2.05, 4.69) is 68.4 Å². The van der Waals surface area contributed by atoms with Crippen molar-refractivity contribution in [1.82, 2.24) is 0 Å². The highest BCUT2D eigenvalue weighted by Gasteiger charge is 2.36. The molecule has 1 saturated carbocycles. The maximum Gasteiger partial charge on any atom is 0.119 e. The van der Waals surface area contributed by atoms with Crippen LogP contribution in [0.25, 0.3) is 11.1 Å². The van der Waals surface area contributed by atoms with Crippen LogP contribution in [0.1, 0.15) is 122 Å². The molecule has 0 aliphatic heterocycles. The Morgan fingerprint density at radius 2 is 1.59 bits per heavy atom. The molecule has 1 N–H and O–H groups in total. The van der Waals surface area contributed by atoms with Crippen LogP contribution >= 0.6 is 0 Å². The molecule has 0 saturated heterocycles. The van der Waals surface area contributed by atoms with Crippen LogP contribution in [-0.2, 0) is 0 Å². The number of aliphatic hydroxyl groups excluding tert-OH is 1. The second kappa shape index (κ2) is 15.8. The predicted octanol–water partition coefficient (Wildman–Crippen LogP) is 9.59. The average Bonchev–Trinajstić information content (AvgIpc) is 2.94. The molecule has 3 unspecified atom stereocenters. The van der Waals surface area contributed by atoms with E-state index in [1.165, 1.54) is 48.8 Å². The fourth-order valence-corrected chi connectivity index (χ4v) is 6.03. The minimum Gasteiger partial charge on any atom is -0.490 e. The molecule has 2 aromatic carbocycles. The highest BCUT2D eigenvalue weighted by Crippen LogP contribution is 2.46. The van der Waals surface area contributed by atoms with Gasteiger partial charge in [-0.15, -0.1) is 0 Å². The van der Waals surface area contributed by atoms with Crippen LogP contribution in [0, 0.1) is 16.7 Å². The average molecular weight is 504 g/mol. The monoisotopic (exact) mass is 503 g/mol. The zero-order chi connectivity index (χ0) is 26.3. The summed E-state index contributed by atoms with van der Waals surface area (Å²) in [6, 6.07) is 20.3. The normalized spacial score (nSPS) is 20.3. The molecule has 1 aliphatic rings. The maximum absolute atomic E-state index is 10.1. The minimum absolute atomic E-state index is 0.125. The SMILES string of the molecule is CCCCCCC1(C#N)CCCC(c2ccc(-c3ccc(OC(CCC)CCCCCO)cc3)cc2)C1. The molecular weight excluding hydrogens is 454 g/mol. The summed E-state index contributed by atoms with van der Waals surface area (Å²) >= 11 is 0. The number of nitrogens with zero attached hydrogens (tertiary/aromatic N) is 1. The number of rotatable bonds is 16. The minimum atomic E-state index is -0.125. The maximum atomic E-state index is 10.1. The van der Waals surface area contributed by atoms with Gasteiger partial charge in [-0.25, -0.2) is 0 Å². The first-order valence-electron chi connectivity index (χ1n) is 15.0. The van der Waals surface area contributed by atoms with Gasteiger partial charge >= 0.3 is 0 Å². The standard InChI is InChI=1S/C34H49NO2/c1-3-5-6-9-23-34(27-35)24-11-13-31(26-34)30-17-15-28(16-18-30)29-19-21-33(22-20-29)37-32(12-4-2)14-8-7-10-25-36/h15-22,31-32,36H,3-14,23-26H2,1-2H3. The lowest BCUT2D eigenvalue weighted by molar-refractivity contribution is 0.174. The van der Waals surface area contributed by atoms with Gasteiger partial charge in [0.15, 0.2) is 0 Å². The summed E-state index contributed by atoms with van der Waals surface area (Å²) in [4.78, 5) is 0. The highest BCUT2D eigenvalue weighted by atomic mass is 16.5. The zero-order valence-corrected chi connectivity index (χ0v) is 23.4. The van der Waals surface area contributed by atoms with Crippen molar-refractivity contribution in [3.63, 3.8) is 0 Å². The molecule has 0 spiro atoms. The van der Waals surface area contributed by atoms with E-state index in [9.17, 15) is 5.26 Å². The van der Waals surface area contributed by atoms with E-state index < -0.39 is 0 Å². The topological polar surface area (TPSA) is 53.2 Å². The Hall–Kier alpha value is -2.31. The molecule has 0 bridgehead atoms. The van der Waals surface area contributed by atoms with E-state index in [0.717, 1.165) is 70.0 Å².